The van der Waals surface area contributed by atoms with Crippen molar-refractivity contribution >= 4 is 35.1 Å². The second-order valence-electron chi connectivity index (χ2n) is 5.76. The van der Waals surface area contributed by atoms with Crippen LogP contribution < -0.4 is 20.9 Å². The Morgan fingerprint density at radius 1 is 1.41 bits per heavy atom. The Kier molecular flexibility index (Phi) is 5.60. The number of ether oxygens (including phenoxy) is 1. The van der Waals surface area contributed by atoms with Gasteiger partial charge < -0.3 is 20.4 Å². The molecule has 0 saturated carbocycles. The van der Waals surface area contributed by atoms with Crippen molar-refractivity contribution in [3.8, 4) is 5.75 Å². The van der Waals surface area contributed by atoms with Crippen LogP contribution in [0, 0.1) is 0 Å². The number of H-pyrrole nitrogens is 1. The van der Waals surface area contributed by atoms with Crippen molar-refractivity contribution in [1.82, 2.24) is 9.97 Å². The van der Waals surface area contributed by atoms with Crippen molar-refractivity contribution < 1.29 is 14.3 Å². The lowest BCUT2D eigenvalue weighted by molar-refractivity contribution is -0.123. The molecule has 0 aliphatic carbocycles. The molecule has 1 aromatic heterocycles. The highest BCUT2D eigenvalue weighted by Gasteiger charge is 2.34. The maximum atomic E-state index is 12.7. The summed E-state index contributed by atoms with van der Waals surface area (Å²) in [5.41, 5.74) is 0.251. The number of thioether (sulfide) groups is 1. The molecule has 1 aliphatic rings. The number of aromatic amines is 1. The SMILES string of the molecule is C=CCSc1nc2c(c(=O)[nH]1)[C@H](C(=O)Nc1ccc(OC)cc1)CC(=O)N2. The summed E-state index contributed by atoms with van der Waals surface area (Å²) in [7, 11) is 1.55. The monoisotopic (exact) mass is 386 g/mol. The van der Waals surface area contributed by atoms with E-state index in [4.69, 9.17) is 4.74 Å². The molecule has 1 aromatic carbocycles. The van der Waals surface area contributed by atoms with Crippen molar-refractivity contribution in [2.45, 2.75) is 17.5 Å². The first-order chi connectivity index (χ1) is 13.0. The van der Waals surface area contributed by atoms with Crippen molar-refractivity contribution in [3.05, 3.63) is 52.8 Å². The maximum absolute atomic E-state index is 12.7. The van der Waals surface area contributed by atoms with Crippen LogP contribution in [0.3, 0.4) is 0 Å². The Labute approximate surface area is 159 Å². The number of hydrogen-bond donors (Lipinski definition) is 3. The third-order valence-electron chi connectivity index (χ3n) is 3.94. The van der Waals surface area contributed by atoms with E-state index in [2.05, 4.69) is 27.2 Å². The zero-order valence-electron chi connectivity index (χ0n) is 14.6. The van der Waals surface area contributed by atoms with Crippen LogP contribution in [0.1, 0.15) is 17.9 Å². The highest BCUT2D eigenvalue weighted by molar-refractivity contribution is 7.99. The van der Waals surface area contributed by atoms with E-state index in [0.29, 0.717) is 22.3 Å². The minimum absolute atomic E-state index is 0.122. The van der Waals surface area contributed by atoms with Gasteiger partial charge in [-0.15, -0.1) is 6.58 Å². The number of anilines is 2. The number of nitrogens with one attached hydrogen (secondary N) is 3. The van der Waals surface area contributed by atoms with Crippen LogP contribution in [0.5, 0.6) is 5.75 Å². The van der Waals surface area contributed by atoms with Crippen molar-refractivity contribution in [2.24, 2.45) is 0 Å². The van der Waals surface area contributed by atoms with Gasteiger partial charge in [-0.2, -0.15) is 0 Å². The zero-order valence-corrected chi connectivity index (χ0v) is 15.4. The summed E-state index contributed by atoms with van der Waals surface area (Å²) in [5, 5.41) is 5.66. The number of nitrogens with zero attached hydrogens (tertiary/aromatic N) is 1. The molecule has 3 N–H and O–H groups in total. The first-order valence-corrected chi connectivity index (χ1v) is 9.13. The van der Waals surface area contributed by atoms with E-state index in [1.807, 2.05) is 0 Å². The largest absolute Gasteiger partial charge is 0.497 e. The van der Waals surface area contributed by atoms with Crippen LogP contribution in [0.25, 0.3) is 0 Å². The molecule has 0 radical (unpaired) electrons. The number of amides is 2. The topological polar surface area (TPSA) is 113 Å². The minimum Gasteiger partial charge on any atom is -0.497 e. The number of fused-ring (bicyclic) bond motifs is 1. The molecule has 1 atom stereocenters. The van der Waals surface area contributed by atoms with E-state index in [1.54, 1.807) is 37.5 Å². The molecule has 8 nitrogen and oxygen atoms in total. The van der Waals surface area contributed by atoms with Crippen LogP contribution in [-0.4, -0.2) is 34.6 Å². The van der Waals surface area contributed by atoms with Crippen LogP contribution >= 0.6 is 11.8 Å². The Morgan fingerprint density at radius 3 is 2.81 bits per heavy atom. The number of benzene rings is 1. The Balaban J connectivity index is 1.88. The van der Waals surface area contributed by atoms with E-state index in [9.17, 15) is 14.4 Å². The Bertz CT molecular complexity index is 939. The molecule has 0 fully saturated rings. The molecule has 3 rings (SSSR count). The second-order valence-corrected chi connectivity index (χ2v) is 6.76. The summed E-state index contributed by atoms with van der Waals surface area (Å²) >= 11 is 1.28. The lowest BCUT2D eigenvalue weighted by Crippen LogP contribution is -2.36. The first kappa shape index (κ1) is 18.7. The fourth-order valence-corrected chi connectivity index (χ4v) is 3.28. The molecule has 2 amide bonds. The normalized spacial score (nSPS) is 15.4. The highest BCUT2D eigenvalue weighted by atomic mass is 32.2. The van der Waals surface area contributed by atoms with Crippen molar-refractivity contribution in [1.29, 1.82) is 0 Å². The standard InChI is InChI=1S/C18H18N4O4S/c1-3-8-27-18-21-15-14(17(25)22-18)12(9-13(23)20-15)16(24)19-10-4-6-11(26-2)7-5-10/h3-7,12H,1,8-9H2,2H3,(H,19,24)(H2,20,21,22,23,25)/t12-/m1/s1. The number of carbonyl (C=O) groups is 2. The Hall–Kier alpha value is -3.07. The van der Waals surface area contributed by atoms with Gasteiger partial charge >= 0.3 is 0 Å². The zero-order chi connectivity index (χ0) is 19.4. The summed E-state index contributed by atoms with van der Waals surface area (Å²) < 4.78 is 5.08. The molecule has 9 heteroatoms. The van der Waals surface area contributed by atoms with E-state index in [0.717, 1.165) is 0 Å². The number of hydrogen-bond acceptors (Lipinski definition) is 6. The molecular weight excluding hydrogens is 368 g/mol. The quantitative estimate of drug-likeness (QED) is 0.398. The minimum atomic E-state index is -0.925. The maximum Gasteiger partial charge on any atom is 0.257 e. The first-order valence-electron chi connectivity index (χ1n) is 8.14. The molecule has 0 bridgehead atoms. The summed E-state index contributed by atoms with van der Waals surface area (Å²) in [6, 6.07) is 6.76. The molecule has 0 unspecified atom stereocenters. The van der Waals surface area contributed by atoms with Gasteiger partial charge in [0.1, 0.15) is 11.6 Å². The molecular formula is C18H18N4O4S. The lowest BCUT2D eigenvalue weighted by Gasteiger charge is -2.23. The average molecular weight is 386 g/mol. The number of aromatic nitrogens is 2. The molecule has 1 aliphatic heterocycles. The molecule has 2 heterocycles. The predicted molar refractivity (Wildman–Crippen MR) is 103 cm³/mol. The number of methoxy groups -OCH3 is 1. The second kappa shape index (κ2) is 8.09. The van der Waals surface area contributed by atoms with Gasteiger partial charge in [0.25, 0.3) is 5.56 Å². The van der Waals surface area contributed by atoms with Gasteiger partial charge in [0, 0.05) is 17.9 Å². The highest BCUT2D eigenvalue weighted by Crippen LogP contribution is 2.30. The predicted octanol–water partition coefficient (Wildman–Crippen LogP) is 2.12. The van der Waals surface area contributed by atoms with Gasteiger partial charge in [-0.3, -0.25) is 14.4 Å². The van der Waals surface area contributed by atoms with Crippen LogP contribution in [0.2, 0.25) is 0 Å². The number of rotatable bonds is 6. The third kappa shape index (κ3) is 4.20. The van der Waals surface area contributed by atoms with Crippen molar-refractivity contribution in [3.63, 3.8) is 0 Å². The van der Waals surface area contributed by atoms with E-state index in [-0.39, 0.29) is 23.7 Å². The smallest absolute Gasteiger partial charge is 0.257 e. The van der Waals surface area contributed by atoms with Gasteiger partial charge in [-0.05, 0) is 24.3 Å². The molecule has 140 valence electrons. The van der Waals surface area contributed by atoms with Crippen LogP contribution in [0.15, 0.2) is 46.9 Å². The van der Waals surface area contributed by atoms with Gasteiger partial charge in [0.15, 0.2) is 5.16 Å². The summed E-state index contributed by atoms with van der Waals surface area (Å²) in [6.45, 7) is 3.61. The van der Waals surface area contributed by atoms with Gasteiger partial charge in [0.05, 0.1) is 18.6 Å². The van der Waals surface area contributed by atoms with E-state index >= 15 is 0 Å². The summed E-state index contributed by atoms with van der Waals surface area (Å²) in [4.78, 5) is 44.2. The summed E-state index contributed by atoms with van der Waals surface area (Å²) in [5.74, 6) is -0.412. The van der Waals surface area contributed by atoms with E-state index < -0.39 is 17.4 Å². The molecule has 0 spiro atoms. The fraction of sp³-hybridized carbons (Fsp3) is 0.222. The summed E-state index contributed by atoms with van der Waals surface area (Å²) in [6.07, 6.45) is 1.55. The van der Waals surface area contributed by atoms with Crippen LogP contribution in [-0.2, 0) is 9.59 Å². The van der Waals surface area contributed by atoms with Crippen molar-refractivity contribution in [2.75, 3.05) is 23.5 Å². The fourth-order valence-electron chi connectivity index (χ4n) is 2.68. The Morgan fingerprint density at radius 2 is 2.15 bits per heavy atom. The molecule has 2 aromatic rings. The lowest BCUT2D eigenvalue weighted by atomic mass is 9.92. The van der Waals surface area contributed by atoms with Gasteiger partial charge in [-0.1, -0.05) is 17.8 Å². The average Bonchev–Trinajstić information content (AvgIpc) is 2.66. The molecule has 0 saturated heterocycles. The van der Waals surface area contributed by atoms with Gasteiger partial charge in [-0.25, -0.2) is 4.98 Å². The number of carbonyl (C=O) groups excluding carboxylic acids is 2. The molecule has 27 heavy (non-hydrogen) atoms. The third-order valence-corrected chi connectivity index (χ3v) is 4.81. The van der Waals surface area contributed by atoms with E-state index in [1.165, 1.54) is 11.8 Å². The van der Waals surface area contributed by atoms with Gasteiger partial charge in [0.2, 0.25) is 11.8 Å². The van der Waals surface area contributed by atoms with Crippen LogP contribution in [0.4, 0.5) is 11.5 Å².